The van der Waals surface area contributed by atoms with Gasteiger partial charge in [-0.05, 0) is 34.5 Å². The molecular formula is C9H9BrFNO2. The molecule has 0 amide bonds. The number of carbonyl (C=O) groups excluding carboxylic acids is 1. The molecule has 1 aromatic rings. The Morgan fingerprint density at radius 3 is 2.79 bits per heavy atom. The predicted octanol–water partition coefficient (Wildman–Crippen LogP) is 1.74. The largest absolute Gasteiger partial charge is 0.504 e. The van der Waals surface area contributed by atoms with Crippen molar-refractivity contribution in [3.05, 3.63) is 27.5 Å². The Morgan fingerprint density at radius 1 is 1.71 bits per heavy atom. The predicted molar refractivity (Wildman–Crippen MR) is 53.9 cm³/mol. The van der Waals surface area contributed by atoms with Gasteiger partial charge < -0.3 is 10.8 Å². The van der Waals surface area contributed by atoms with Crippen LogP contribution >= 0.6 is 15.9 Å². The molecule has 0 heterocycles. The van der Waals surface area contributed by atoms with Crippen LogP contribution in [0.4, 0.5) is 4.39 Å². The van der Waals surface area contributed by atoms with Gasteiger partial charge in [-0.3, -0.25) is 4.79 Å². The normalized spacial score (nSPS) is 10.3. The fourth-order valence-electron chi connectivity index (χ4n) is 1.07. The molecule has 3 nitrogen and oxygen atoms in total. The minimum Gasteiger partial charge on any atom is -0.504 e. The third kappa shape index (κ3) is 1.78. The molecule has 1 rings (SSSR count). The van der Waals surface area contributed by atoms with Crippen molar-refractivity contribution in [2.75, 3.05) is 6.54 Å². The Balaban J connectivity index is 3.40. The number of phenols is 1. The van der Waals surface area contributed by atoms with E-state index in [1.54, 1.807) is 6.92 Å². The number of Topliss-reactive ketones (excluding diaryl/α,β-unsaturated/α-hetero) is 1. The number of hydrogen-bond acceptors (Lipinski definition) is 3. The van der Waals surface area contributed by atoms with E-state index in [1.165, 1.54) is 6.07 Å². The first-order valence-corrected chi connectivity index (χ1v) is 4.69. The summed E-state index contributed by atoms with van der Waals surface area (Å²) in [6.45, 7) is 1.37. The quantitative estimate of drug-likeness (QED) is 0.798. The van der Waals surface area contributed by atoms with Crippen LogP contribution in [0.3, 0.4) is 0 Å². The van der Waals surface area contributed by atoms with Crippen LogP contribution in [0.15, 0.2) is 10.5 Å². The molecule has 14 heavy (non-hydrogen) atoms. The summed E-state index contributed by atoms with van der Waals surface area (Å²) in [5.41, 5.74) is 5.51. The number of benzene rings is 1. The van der Waals surface area contributed by atoms with Gasteiger partial charge in [-0.25, -0.2) is 4.39 Å². The lowest BCUT2D eigenvalue weighted by molar-refractivity contribution is 0.0996. The number of ketones is 1. The Labute approximate surface area is 88.9 Å². The molecule has 0 saturated heterocycles. The maximum Gasteiger partial charge on any atom is 0.179 e. The molecule has 0 unspecified atom stereocenters. The maximum atomic E-state index is 13.3. The molecule has 5 heteroatoms. The number of rotatable bonds is 2. The van der Waals surface area contributed by atoms with Crippen LogP contribution in [0.2, 0.25) is 0 Å². The highest BCUT2D eigenvalue weighted by molar-refractivity contribution is 9.10. The van der Waals surface area contributed by atoms with Gasteiger partial charge in [0, 0.05) is 0 Å². The lowest BCUT2D eigenvalue weighted by Gasteiger charge is -2.07. The molecule has 0 aliphatic heterocycles. The van der Waals surface area contributed by atoms with Crippen molar-refractivity contribution in [1.82, 2.24) is 0 Å². The third-order valence-electron chi connectivity index (χ3n) is 1.85. The van der Waals surface area contributed by atoms with Gasteiger partial charge in [-0.1, -0.05) is 0 Å². The number of nitrogens with two attached hydrogens (primary N) is 1. The Hall–Kier alpha value is -0.940. The van der Waals surface area contributed by atoms with Crippen LogP contribution in [0.25, 0.3) is 0 Å². The van der Waals surface area contributed by atoms with Crippen LogP contribution in [0, 0.1) is 12.7 Å². The average Bonchev–Trinajstić information content (AvgIpc) is 2.19. The highest BCUT2D eigenvalue weighted by Crippen LogP contribution is 2.32. The second kappa shape index (κ2) is 4.06. The van der Waals surface area contributed by atoms with Crippen molar-refractivity contribution in [1.29, 1.82) is 0 Å². The fraction of sp³-hybridized carbons (Fsp3) is 0.222. The van der Waals surface area contributed by atoms with Crippen molar-refractivity contribution in [2.24, 2.45) is 5.73 Å². The maximum absolute atomic E-state index is 13.3. The summed E-state index contributed by atoms with van der Waals surface area (Å²) in [7, 11) is 0. The van der Waals surface area contributed by atoms with Gasteiger partial charge in [0.1, 0.15) is 0 Å². The highest BCUT2D eigenvalue weighted by Gasteiger charge is 2.17. The van der Waals surface area contributed by atoms with Crippen LogP contribution in [0.1, 0.15) is 15.9 Å². The number of halogens is 2. The zero-order valence-electron chi connectivity index (χ0n) is 7.47. The van der Waals surface area contributed by atoms with Crippen molar-refractivity contribution in [3.8, 4) is 5.75 Å². The lowest BCUT2D eigenvalue weighted by atomic mass is 10.1. The van der Waals surface area contributed by atoms with E-state index in [4.69, 9.17) is 5.73 Å². The van der Waals surface area contributed by atoms with Gasteiger partial charge >= 0.3 is 0 Å². The Morgan fingerprint density at radius 2 is 2.29 bits per heavy atom. The third-order valence-corrected chi connectivity index (χ3v) is 2.85. The van der Waals surface area contributed by atoms with E-state index in [1.807, 2.05) is 0 Å². The van der Waals surface area contributed by atoms with Crippen LogP contribution in [-0.4, -0.2) is 17.4 Å². The number of aromatic hydroxyl groups is 1. The molecule has 0 atom stereocenters. The van der Waals surface area contributed by atoms with Gasteiger partial charge in [-0.2, -0.15) is 0 Å². The van der Waals surface area contributed by atoms with Gasteiger partial charge in [0.05, 0.1) is 16.6 Å². The fourth-order valence-corrected chi connectivity index (χ4v) is 1.36. The molecule has 0 aliphatic rings. The second-order valence-electron chi connectivity index (χ2n) is 2.84. The van der Waals surface area contributed by atoms with E-state index in [9.17, 15) is 14.3 Å². The molecule has 1 aromatic carbocycles. The summed E-state index contributed by atoms with van der Waals surface area (Å²) in [4.78, 5) is 11.2. The SMILES string of the molecule is Cc1cc(C(=O)CN)c(F)c(O)c1Br. The minimum absolute atomic E-state index is 0.175. The highest BCUT2D eigenvalue weighted by atomic mass is 79.9. The van der Waals surface area contributed by atoms with E-state index in [2.05, 4.69) is 15.9 Å². The molecular weight excluding hydrogens is 253 g/mol. The molecule has 0 fully saturated rings. The zero-order chi connectivity index (χ0) is 10.9. The van der Waals surface area contributed by atoms with E-state index in [0.717, 1.165) is 0 Å². The molecule has 0 bridgehead atoms. The van der Waals surface area contributed by atoms with Crippen LogP contribution < -0.4 is 5.73 Å². The summed E-state index contributed by atoms with van der Waals surface area (Å²) in [5.74, 6) is -2.02. The van der Waals surface area contributed by atoms with Crippen molar-refractivity contribution in [2.45, 2.75) is 6.92 Å². The average molecular weight is 262 g/mol. The summed E-state index contributed by atoms with van der Waals surface area (Å²) in [5, 5.41) is 9.30. The molecule has 0 saturated carbocycles. The number of phenolic OH excluding ortho intramolecular Hbond substituents is 1. The van der Waals surface area contributed by atoms with E-state index < -0.39 is 17.3 Å². The first-order valence-electron chi connectivity index (χ1n) is 3.89. The zero-order valence-corrected chi connectivity index (χ0v) is 9.06. The van der Waals surface area contributed by atoms with Crippen molar-refractivity contribution >= 4 is 21.7 Å². The summed E-state index contributed by atoms with van der Waals surface area (Å²) < 4.78 is 13.6. The molecule has 3 N–H and O–H groups in total. The number of hydrogen-bond donors (Lipinski definition) is 2. The summed E-state index contributed by atoms with van der Waals surface area (Å²) >= 11 is 3.00. The van der Waals surface area contributed by atoms with Gasteiger partial charge in [0.15, 0.2) is 17.3 Å². The van der Waals surface area contributed by atoms with Gasteiger partial charge in [0.2, 0.25) is 0 Å². The topological polar surface area (TPSA) is 63.3 Å². The van der Waals surface area contributed by atoms with Crippen LogP contribution in [-0.2, 0) is 0 Å². The molecule has 0 spiro atoms. The molecule has 0 radical (unpaired) electrons. The van der Waals surface area contributed by atoms with Crippen molar-refractivity contribution < 1.29 is 14.3 Å². The van der Waals surface area contributed by atoms with Crippen LogP contribution in [0.5, 0.6) is 5.75 Å². The van der Waals surface area contributed by atoms with E-state index in [0.29, 0.717) is 5.56 Å². The van der Waals surface area contributed by atoms with E-state index >= 15 is 0 Å². The first kappa shape index (κ1) is 11.1. The first-order chi connectivity index (χ1) is 6.49. The van der Waals surface area contributed by atoms with E-state index in [-0.39, 0.29) is 16.6 Å². The molecule has 76 valence electrons. The monoisotopic (exact) mass is 261 g/mol. The number of carbonyl (C=O) groups is 1. The summed E-state index contributed by atoms with van der Waals surface area (Å²) in [6, 6.07) is 1.36. The van der Waals surface area contributed by atoms with Crippen molar-refractivity contribution in [3.63, 3.8) is 0 Å². The second-order valence-corrected chi connectivity index (χ2v) is 3.64. The molecule has 0 aromatic heterocycles. The molecule has 0 aliphatic carbocycles. The smallest absolute Gasteiger partial charge is 0.179 e. The van der Waals surface area contributed by atoms with Gasteiger partial charge in [0.25, 0.3) is 0 Å². The summed E-state index contributed by atoms with van der Waals surface area (Å²) in [6.07, 6.45) is 0. The van der Waals surface area contributed by atoms with Gasteiger partial charge in [-0.15, -0.1) is 0 Å². The Bertz CT molecular complexity index is 393. The minimum atomic E-state index is -0.932. The standard InChI is InChI=1S/C9H9BrFNO2/c1-4-2-5(6(13)3-12)8(11)9(14)7(4)10/h2,14H,3,12H2,1H3. The Kier molecular flexibility index (Phi) is 3.23. The lowest BCUT2D eigenvalue weighted by Crippen LogP contribution is -2.15. The number of aryl methyl sites for hydroxylation is 1.